The molecule has 0 spiro atoms. The third-order valence-electron chi connectivity index (χ3n) is 5.61. The Balaban J connectivity index is 1.52. The Morgan fingerprint density at radius 2 is 1.77 bits per heavy atom. The lowest BCUT2D eigenvalue weighted by molar-refractivity contribution is -0.117. The van der Waals surface area contributed by atoms with Crippen molar-refractivity contribution in [3.05, 3.63) is 86.0 Å². The predicted molar refractivity (Wildman–Crippen MR) is 144 cm³/mol. The number of halogens is 6. The summed E-state index contributed by atoms with van der Waals surface area (Å²) in [6.45, 7) is 0. The molecule has 0 aromatic heterocycles. The fourth-order valence-electron chi connectivity index (χ4n) is 3.83. The highest BCUT2D eigenvalue weighted by atomic mass is 127. The SMILES string of the molecule is CNc1c(F)ccc(NC(=O)c2cc(NC(=O)C3C(c4cccc(I)c4)C3(Cl)Cl)ccc2Cl)c1F. The van der Waals surface area contributed by atoms with Gasteiger partial charge in [-0.05, 0) is 70.6 Å². The number of anilines is 3. The summed E-state index contributed by atoms with van der Waals surface area (Å²) in [6, 6.07) is 14.0. The lowest BCUT2D eigenvalue weighted by Gasteiger charge is -2.12. The first-order chi connectivity index (χ1) is 16.5. The zero-order valence-electron chi connectivity index (χ0n) is 17.9. The Labute approximate surface area is 228 Å². The van der Waals surface area contributed by atoms with Crippen LogP contribution in [0.5, 0.6) is 0 Å². The molecular formula is C24H17Cl3F2IN3O2. The van der Waals surface area contributed by atoms with Crippen LogP contribution in [-0.2, 0) is 4.79 Å². The third-order valence-corrected chi connectivity index (χ3v) is 7.55. The van der Waals surface area contributed by atoms with Gasteiger partial charge in [0.1, 0.15) is 15.8 Å². The van der Waals surface area contributed by atoms with Crippen molar-refractivity contribution in [3.8, 4) is 0 Å². The number of rotatable bonds is 6. The molecule has 0 saturated heterocycles. The van der Waals surface area contributed by atoms with Crippen LogP contribution in [0.4, 0.5) is 25.8 Å². The normalized spacial score (nSPS) is 18.0. The highest BCUT2D eigenvalue weighted by Crippen LogP contribution is 2.65. The first-order valence-corrected chi connectivity index (χ1v) is 12.5. The van der Waals surface area contributed by atoms with E-state index in [2.05, 4.69) is 38.5 Å². The summed E-state index contributed by atoms with van der Waals surface area (Å²) in [6.07, 6.45) is 0. The highest BCUT2D eigenvalue weighted by Gasteiger charge is 2.67. The van der Waals surface area contributed by atoms with Gasteiger partial charge in [-0.2, -0.15) is 0 Å². The minimum atomic E-state index is -1.27. The fraction of sp³-hybridized carbons (Fsp3) is 0.167. The molecule has 11 heteroatoms. The van der Waals surface area contributed by atoms with E-state index in [9.17, 15) is 18.4 Å². The molecule has 1 aliphatic rings. The largest absolute Gasteiger partial charge is 0.383 e. The van der Waals surface area contributed by atoms with Crippen molar-refractivity contribution in [1.82, 2.24) is 0 Å². The van der Waals surface area contributed by atoms with Crippen molar-refractivity contribution in [3.63, 3.8) is 0 Å². The van der Waals surface area contributed by atoms with E-state index in [-0.39, 0.29) is 27.6 Å². The summed E-state index contributed by atoms with van der Waals surface area (Å²) in [7, 11) is 1.36. The lowest BCUT2D eigenvalue weighted by Crippen LogP contribution is -2.18. The number of hydrogen-bond donors (Lipinski definition) is 3. The maximum atomic E-state index is 14.5. The molecule has 0 bridgehead atoms. The molecule has 5 nitrogen and oxygen atoms in total. The minimum Gasteiger partial charge on any atom is -0.383 e. The summed E-state index contributed by atoms with van der Waals surface area (Å²) in [4.78, 5) is 25.8. The number of alkyl halides is 2. The van der Waals surface area contributed by atoms with Crippen molar-refractivity contribution in [1.29, 1.82) is 0 Å². The lowest BCUT2D eigenvalue weighted by atomic mass is 10.1. The predicted octanol–water partition coefficient (Wildman–Crippen LogP) is 7.04. The van der Waals surface area contributed by atoms with Gasteiger partial charge in [-0.3, -0.25) is 9.59 Å². The monoisotopic (exact) mass is 649 g/mol. The van der Waals surface area contributed by atoms with Gasteiger partial charge in [0.25, 0.3) is 5.91 Å². The van der Waals surface area contributed by atoms with Crippen molar-refractivity contribution in [2.24, 2.45) is 5.92 Å². The first-order valence-electron chi connectivity index (χ1n) is 10.3. The Morgan fingerprint density at radius 3 is 2.46 bits per heavy atom. The number of nitrogens with one attached hydrogen (secondary N) is 3. The summed E-state index contributed by atoms with van der Waals surface area (Å²) in [5.41, 5.74) is 0.483. The molecular weight excluding hydrogens is 634 g/mol. The second-order valence-electron chi connectivity index (χ2n) is 7.86. The Hall–Kier alpha value is -2.14. The van der Waals surface area contributed by atoms with Crippen LogP contribution in [-0.4, -0.2) is 23.2 Å². The summed E-state index contributed by atoms with van der Waals surface area (Å²) in [5, 5.41) is 7.56. The second kappa shape index (κ2) is 10.1. The molecule has 0 aliphatic heterocycles. The third kappa shape index (κ3) is 5.21. The van der Waals surface area contributed by atoms with Gasteiger partial charge in [0.2, 0.25) is 5.91 Å². The van der Waals surface area contributed by atoms with E-state index in [1.54, 1.807) is 0 Å². The topological polar surface area (TPSA) is 70.2 Å². The smallest absolute Gasteiger partial charge is 0.257 e. The standard InChI is InChI=1S/C24H17Cl3F2IN3O2/c1-31-21-16(28)7-8-17(20(21)29)33-22(34)14-10-13(5-6-15(14)25)32-23(35)19-18(24(19,26)27)11-3-2-4-12(30)9-11/h2-10,18-19,31H,1H3,(H,32,35)(H,33,34). The van der Waals surface area contributed by atoms with E-state index in [1.165, 1.54) is 25.2 Å². The maximum absolute atomic E-state index is 14.5. The number of benzene rings is 3. The molecule has 2 unspecified atom stereocenters. The van der Waals surface area contributed by atoms with Crippen molar-refractivity contribution < 1.29 is 18.4 Å². The average Bonchev–Trinajstić information content (AvgIpc) is 3.39. The Morgan fingerprint density at radius 1 is 1.03 bits per heavy atom. The molecule has 182 valence electrons. The molecule has 0 heterocycles. The first kappa shape index (κ1) is 25.9. The van der Waals surface area contributed by atoms with Crippen LogP contribution >= 0.6 is 57.4 Å². The quantitative estimate of drug-likeness (QED) is 0.198. The van der Waals surface area contributed by atoms with E-state index < -0.39 is 39.6 Å². The summed E-state index contributed by atoms with van der Waals surface area (Å²) >= 11 is 21.2. The van der Waals surface area contributed by atoms with Gasteiger partial charge in [0.05, 0.1) is 22.2 Å². The minimum absolute atomic E-state index is 0.0211. The molecule has 35 heavy (non-hydrogen) atoms. The number of carbonyl (C=O) groups excluding carboxylic acids is 2. The van der Waals surface area contributed by atoms with Gasteiger partial charge in [0, 0.05) is 22.2 Å². The Kier molecular flexibility index (Phi) is 7.47. The molecule has 1 aliphatic carbocycles. The van der Waals surface area contributed by atoms with Crippen LogP contribution in [0.25, 0.3) is 0 Å². The number of hydrogen-bond acceptors (Lipinski definition) is 3. The van der Waals surface area contributed by atoms with Gasteiger partial charge in [-0.15, -0.1) is 23.2 Å². The van der Waals surface area contributed by atoms with Gasteiger partial charge in [-0.1, -0.05) is 23.7 Å². The molecule has 3 aromatic carbocycles. The van der Waals surface area contributed by atoms with Crippen LogP contribution in [0.2, 0.25) is 5.02 Å². The van der Waals surface area contributed by atoms with Crippen LogP contribution < -0.4 is 16.0 Å². The van der Waals surface area contributed by atoms with Gasteiger partial charge < -0.3 is 16.0 Å². The molecule has 2 atom stereocenters. The number of amides is 2. The molecule has 0 radical (unpaired) electrons. The van der Waals surface area contributed by atoms with E-state index in [0.717, 1.165) is 21.3 Å². The van der Waals surface area contributed by atoms with Crippen molar-refractivity contribution in [2.45, 2.75) is 10.3 Å². The summed E-state index contributed by atoms with van der Waals surface area (Å²) < 4.78 is 27.9. The molecule has 1 fully saturated rings. The second-order valence-corrected chi connectivity index (χ2v) is 11.0. The average molecular weight is 651 g/mol. The van der Waals surface area contributed by atoms with Gasteiger partial charge in [0.15, 0.2) is 5.82 Å². The van der Waals surface area contributed by atoms with E-state index in [4.69, 9.17) is 34.8 Å². The highest BCUT2D eigenvalue weighted by molar-refractivity contribution is 14.1. The zero-order valence-corrected chi connectivity index (χ0v) is 22.4. The molecule has 3 N–H and O–H groups in total. The van der Waals surface area contributed by atoms with Crippen LogP contribution in [0.1, 0.15) is 21.8 Å². The van der Waals surface area contributed by atoms with E-state index in [0.29, 0.717) is 0 Å². The van der Waals surface area contributed by atoms with E-state index >= 15 is 0 Å². The van der Waals surface area contributed by atoms with Crippen molar-refractivity contribution >= 4 is 86.3 Å². The molecule has 3 aromatic rings. The molecule has 2 amide bonds. The van der Waals surface area contributed by atoms with Crippen LogP contribution in [0.15, 0.2) is 54.6 Å². The van der Waals surface area contributed by atoms with Crippen LogP contribution in [0, 0.1) is 21.1 Å². The fourth-order valence-corrected chi connectivity index (χ4v) is 5.43. The maximum Gasteiger partial charge on any atom is 0.257 e. The van der Waals surface area contributed by atoms with Gasteiger partial charge in [-0.25, -0.2) is 8.78 Å². The zero-order chi connectivity index (χ0) is 25.5. The van der Waals surface area contributed by atoms with Crippen molar-refractivity contribution in [2.75, 3.05) is 23.0 Å². The van der Waals surface area contributed by atoms with Crippen LogP contribution in [0.3, 0.4) is 0 Å². The van der Waals surface area contributed by atoms with E-state index in [1.807, 2.05) is 24.3 Å². The Bertz CT molecular complexity index is 1340. The van der Waals surface area contributed by atoms with Gasteiger partial charge >= 0.3 is 0 Å². The number of carbonyl (C=O) groups is 2. The summed E-state index contributed by atoms with van der Waals surface area (Å²) in [5.74, 6) is -4.02. The molecule has 1 saturated carbocycles. The molecule has 4 rings (SSSR count).